The Kier molecular flexibility index (Phi) is 7.35. The van der Waals surface area contributed by atoms with E-state index in [0.717, 1.165) is 52.2 Å². The third-order valence-corrected chi connectivity index (χ3v) is 8.36. The van der Waals surface area contributed by atoms with Crippen LogP contribution in [0.25, 0.3) is 10.2 Å². The fourth-order valence-corrected chi connectivity index (χ4v) is 6.61. The Morgan fingerprint density at radius 2 is 2.11 bits per heavy atom. The van der Waals surface area contributed by atoms with Crippen molar-refractivity contribution in [1.82, 2.24) is 15.3 Å². The van der Waals surface area contributed by atoms with E-state index in [1.54, 1.807) is 7.11 Å². The maximum Gasteiger partial charge on any atom is 0.263 e. The monoisotopic (exact) mass is 524 g/mol. The van der Waals surface area contributed by atoms with Gasteiger partial charge in [-0.25, -0.2) is 9.97 Å². The lowest BCUT2D eigenvalue weighted by molar-refractivity contribution is -0.0348. The van der Waals surface area contributed by atoms with Crippen LogP contribution in [-0.2, 0) is 22.3 Å². The van der Waals surface area contributed by atoms with Gasteiger partial charge in [0.25, 0.3) is 5.91 Å². The first-order valence-electron chi connectivity index (χ1n) is 12.8. The highest BCUT2D eigenvalue weighted by atomic mass is 32.1. The number of ether oxygens (including phenoxy) is 2. The van der Waals surface area contributed by atoms with E-state index in [1.165, 1.54) is 16.9 Å². The van der Waals surface area contributed by atoms with Crippen LogP contribution >= 0.6 is 11.3 Å². The molecule has 0 aromatic carbocycles. The van der Waals surface area contributed by atoms with Crippen LogP contribution in [0.2, 0.25) is 0 Å². The molecule has 10 heteroatoms. The van der Waals surface area contributed by atoms with Crippen LogP contribution in [0.5, 0.6) is 0 Å². The summed E-state index contributed by atoms with van der Waals surface area (Å²) in [6.45, 7) is 7.92. The Hall–Kier alpha value is -2.79. The summed E-state index contributed by atoms with van der Waals surface area (Å²) in [4.78, 5) is 26.2. The summed E-state index contributed by atoms with van der Waals surface area (Å²) in [5, 5.41) is 4.09. The van der Waals surface area contributed by atoms with Gasteiger partial charge in [0.15, 0.2) is 0 Å². The highest BCUT2D eigenvalue weighted by molar-refractivity contribution is 7.21. The zero-order valence-electron chi connectivity index (χ0n) is 21.9. The number of pyridine rings is 2. The van der Waals surface area contributed by atoms with E-state index >= 15 is 0 Å². The van der Waals surface area contributed by atoms with Crippen LogP contribution in [0.4, 0.5) is 11.5 Å². The molecule has 198 valence electrons. The molecule has 2 aliphatic rings. The number of methoxy groups -OCH3 is 1. The largest absolute Gasteiger partial charge is 0.397 e. The second kappa shape index (κ2) is 10.5. The van der Waals surface area contributed by atoms with Crippen LogP contribution in [0, 0.1) is 13.8 Å². The molecule has 4 heterocycles. The minimum absolute atomic E-state index is 0.00282. The summed E-state index contributed by atoms with van der Waals surface area (Å²) in [6, 6.07) is 6.15. The number of fused-ring (bicyclic) bond motifs is 2. The van der Waals surface area contributed by atoms with Gasteiger partial charge in [0, 0.05) is 43.0 Å². The number of hydrogen-bond donors (Lipinski definition) is 3. The van der Waals surface area contributed by atoms with Gasteiger partial charge in [-0.1, -0.05) is 6.07 Å². The number of rotatable bonds is 7. The van der Waals surface area contributed by atoms with Gasteiger partial charge >= 0.3 is 0 Å². The molecule has 5 rings (SSSR count). The van der Waals surface area contributed by atoms with Crippen molar-refractivity contribution in [2.75, 3.05) is 37.4 Å². The van der Waals surface area contributed by atoms with Crippen molar-refractivity contribution in [3.63, 3.8) is 0 Å². The molecule has 5 N–H and O–H groups in total. The Morgan fingerprint density at radius 1 is 1.30 bits per heavy atom. The molecule has 4 atom stereocenters. The predicted octanol–water partition coefficient (Wildman–Crippen LogP) is 2.75. The number of nitrogen functional groups attached to an aromatic ring is 1. The van der Waals surface area contributed by atoms with Crippen molar-refractivity contribution < 1.29 is 14.3 Å². The number of aromatic nitrogens is 2. The molecule has 1 fully saturated rings. The van der Waals surface area contributed by atoms with Crippen LogP contribution in [0.3, 0.4) is 0 Å². The molecule has 0 bridgehead atoms. The summed E-state index contributed by atoms with van der Waals surface area (Å²) >= 11 is 1.36. The summed E-state index contributed by atoms with van der Waals surface area (Å²) in [7, 11) is 1.67. The minimum atomic E-state index is -0.129. The summed E-state index contributed by atoms with van der Waals surface area (Å²) in [5.74, 6) is 0.800. The highest BCUT2D eigenvalue weighted by Gasteiger charge is 2.33. The normalized spacial score (nSPS) is 22.3. The first kappa shape index (κ1) is 25.8. The lowest BCUT2D eigenvalue weighted by Crippen LogP contribution is -2.39. The van der Waals surface area contributed by atoms with E-state index in [-0.39, 0.29) is 30.2 Å². The molecule has 4 unspecified atom stereocenters. The predicted molar refractivity (Wildman–Crippen MR) is 147 cm³/mol. The average Bonchev–Trinajstić information content (AvgIpc) is 3.38. The quantitative estimate of drug-likeness (QED) is 0.430. The molecular weight excluding hydrogens is 488 g/mol. The Balaban J connectivity index is 1.24. The van der Waals surface area contributed by atoms with Gasteiger partial charge in [-0.3, -0.25) is 4.79 Å². The van der Waals surface area contributed by atoms with Crippen molar-refractivity contribution >= 4 is 39.0 Å². The van der Waals surface area contributed by atoms with Crippen molar-refractivity contribution in [3.05, 3.63) is 45.6 Å². The maximum absolute atomic E-state index is 13.2. The smallest absolute Gasteiger partial charge is 0.263 e. The molecule has 3 aromatic heterocycles. The van der Waals surface area contributed by atoms with Gasteiger partial charge in [-0.15, -0.1) is 11.3 Å². The molecule has 1 aliphatic heterocycles. The molecule has 3 aromatic rings. The summed E-state index contributed by atoms with van der Waals surface area (Å²) < 4.78 is 11.3. The number of nitrogens with two attached hydrogens (primary N) is 2. The molecule has 9 nitrogen and oxygen atoms in total. The third-order valence-electron chi connectivity index (χ3n) is 7.26. The van der Waals surface area contributed by atoms with Gasteiger partial charge in [0.2, 0.25) is 0 Å². The fourth-order valence-electron chi connectivity index (χ4n) is 5.49. The summed E-state index contributed by atoms with van der Waals surface area (Å²) in [5.41, 5.74) is 17.5. The lowest BCUT2D eigenvalue weighted by Gasteiger charge is -2.26. The van der Waals surface area contributed by atoms with Gasteiger partial charge < -0.3 is 31.2 Å². The topological polar surface area (TPSA) is 129 Å². The molecule has 0 radical (unpaired) electrons. The molecule has 1 amide bonds. The van der Waals surface area contributed by atoms with Gasteiger partial charge in [0.1, 0.15) is 15.5 Å². The summed E-state index contributed by atoms with van der Waals surface area (Å²) in [6.07, 6.45) is 2.33. The number of aryl methyl sites for hydroxylation is 3. The number of anilines is 2. The highest BCUT2D eigenvalue weighted by Crippen LogP contribution is 2.35. The molecule has 1 saturated heterocycles. The lowest BCUT2D eigenvalue weighted by atomic mass is 9.91. The Bertz CT molecular complexity index is 1310. The fraction of sp³-hybridized carbons (Fsp3) is 0.519. The number of thiophene rings is 1. The first-order chi connectivity index (χ1) is 17.7. The Labute approximate surface area is 221 Å². The van der Waals surface area contributed by atoms with E-state index in [2.05, 4.69) is 27.3 Å². The van der Waals surface area contributed by atoms with E-state index < -0.39 is 0 Å². The second-order valence-corrected chi connectivity index (χ2v) is 11.3. The molecule has 0 spiro atoms. The number of nitrogens with one attached hydrogen (secondary N) is 1. The second-order valence-electron chi connectivity index (χ2n) is 10.3. The number of hydrogen-bond acceptors (Lipinski definition) is 9. The van der Waals surface area contributed by atoms with E-state index in [4.69, 9.17) is 25.9 Å². The zero-order valence-corrected chi connectivity index (χ0v) is 22.7. The molecule has 37 heavy (non-hydrogen) atoms. The zero-order chi connectivity index (χ0) is 26.3. The number of nitrogens with zero attached hydrogens (tertiary/aromatic N) is 3. The van der Waals surface area contributed by atoms with E-state index in [0.29, 0.717) is 30.3 Å². The Morgan fingerprint density at radius 3 is 2.89 bits per heavy atom. The molecular formula is C27H36N6O3S. The van der Waals surface area contributed by atoms with Gasteiger partial charge in [0.05, 0.1) is 30.5 Å². The van der Waals surface area contributed by atoms with Crippen LogP contribution in [0.1, 0.15) is 45.5 Å². The first-order valence-corrected chi connectivity index (χ1v) is 13.7. The number of carbonyl (C=O) groups is 1. The van der Waals surface area contributed by atoms with Crippen molar-refractivity contribution in [3.8, 4) is 0 Å². The van der Waals surface area contributed by atoms with E-state index in [9.17, 15) is 4.79 Å². The third kappa shape index (κ3) is 5.29. The molecule has 1 aliphatic carbocycles. The standard InChI is InChI=1S/C27H36N6O3S/c1-14-9-15(2)30-27-23(14)24(29)25(37-27)26(34)31-18-6-7-20-17(10-18)5-8-22(32-20)33-11-19(28)21(12-33)36-16(3)13-35-4/h5,8-9,16,18-19,21H,6-7,10-13,28-29H2,1-4H3,(H,31,34). The SMILES string of the molecule is COCC(C)OC1CN(c2ccc3c(n2)CCC(NC(=O)c2sc4nc(C)cc(C)c4c2N)C3)CC1N. The molecule has 0 saturated carbocycles. The van der Waals surface area contributed by atoms with Crippen molar-refractivity contribution in [2.24, 2.45) is 5.73 Å². The average molecular weight is 525 g/mol. The van der Waals surface area contributed by atoms with Crippen LogP contribution in [0.15, 0.2) is 18.2 Å². The number of amides is 1. The van der Waals surface area contributed by atoms with Crippen LogP contribution < -0.4 is 21.7 Å². The van der Waals surface area contributed by atoms with Crippen molar-refractivity contribution in [2.45, 2.75) is 64.3 Å². The van der Waals surface area contributed by atoms with Gasteiger partial charge in [-0.05, 0) is 63.3 Å². The number of carbonyl (C=O) groups excluding carboxylic acids is 1. The van der Waals surface area contributed by atoms with E-state index in [1.807, 2.05) is 26.8 Å². The van der Waals surface area contributed by atoms with Gasteiger partial charge in [-0.2, -0.15) is 0 Å². The minimum Gasteiger partial charge on any atom is -0.397 e. The van der Waals surface area contributed by atoms with Crippen molar-refractivity contribution in [1.29, 1.82) is 0 Å². The van der Waals surface area contributed by atoms with Crippen LogP contribution in [-0.4, -0.2) is 67.0 Å². The maximum atomic E-state index is 13.2.